The molecular weight excluding hydrogens is 226 g/mol. The molecule has 1 atom stereocenters. The highest BCUT2D eigenvalue weighted by atomic mass is 16.5. The normalized spacial score (nSPS) is 13.6. The molecule has 1 heterocycles. The van der Waals surface area contributed by atoms with Gasteiger partial charge in [0.05, 0.1) is 11.6 Å². The van der Waals surface area contributed by atoms with Crippen molar-refractivity contribution in [2.24, 2.45) is 5.73 Å². The predicted molar refractivity (Wildman–Crippen MR) is 75.3 cm³/mol. The number of pyridine rings is 1. The Morgan fingerprint density at radius 2 is 1.94 bits per heavy atom. The van der Waals surface area contributed by atoms with Crippen molar-refractivity contribution in [1.82, 2.24) is 4.98 Å². The monoisotopic (exact) mass is 251 g/mol. The predicted octanol–water partition coefficient (Wildman–Crippen LogP) is 2.57. The molecule has 1 unspecified atom stereocenters. The van der Waals surface area contributed by atoms with Gasteiger partial charge in [-0.15, -0.1) is 0 Å². The number of nitrogens with zero attached hydrogens (tertiary/aromatic N) is 1. The summed E-state index contributed by atoms with van der Waals surface area (Å²) >= 11 is 0. The Morgan fingerprint density at radius 1 is 1.33 bits per heavy atom. The first-order chi connectivity index (χ1) is 8.52. The standard InChI is InChI=1S/C14H25N3O/c1-5-14(6-2,18-7-3)12(15)11-10(4)8-9-17-13(11)16/h8-9,12H,5-7,15H2,1-4H3,(H2,16,17). The summed E-state index contributed by atoms with van der Waals surface area (Å²) in [5, 5.41) is 0. The third-order valence-corrected chi connectivity index (χ3v) is 3.75. The van der Waals surface area contributed by atoms with Gasteiger partial charge in [0.1, 0.15) is 5.82 Å². The molecule has 0 saturated heterocycles. The summed E-state index contributed by atoms with van der Waals surface area (Å²) in [5.74, 6) is 0.508. The van der Waals surface area contributed by atoms with Crippen LogP contribution in [-0.4, -0.2) is 17.2 Å². The zero-order chi connectivity index (χ0) is 13.8. The summed E-state index contributed by atoms with van der Waals surface area (Å²) < 4.78 is 5.95. The van der Waals surface area contributed by atoms with E-state index in [4.69, 9.17) is 16.2 Å². The lowest BCUT2D eigenvalue weighted by Crippen LogP contribution is -2.43. The van der Waals surface area contributed by atoms with E-state index in [0.717, 1.165) is 24.0 Å². The smallest absolute Gasteiger partial charge is 0.128 e. The van der Waals surface area contributed by atoms with Crippen LogP contribution in [0.2, 0.25) is 0 Å². The van der Waals surface area contributed by atoms with E-state index >= 15 is 0 Å². The quantitative estimate of drug-likeness (QED) is 0.815. The summed E-state index contributed by atoms with van der Waals surface area (Å²) in [6.07, 6.45) is 3.42. The Hall–Kier alpha value is -1.13. The molecule has 102 valence electrons. The fraction of sp³-hybridized carbons (Fsp3) is 0.643. The van der Waals surface area contributed by atoms with Gasteiger partial charge in [-0.05, 0) is 38.3 Å². The second kappa shape index (κ2) is 6.16. The summed E-state index contributed by atoms with van der Waals surface area (Å²) in [6, 6.07) is 1.69. The Kier molecular flexibility index (Phi) is 5.11. The van der Waals surface area contributed by atoms with Crippen LogP contribution in [0.1, 0.15) is 50.8 Å². The van der Waals surface area contributed by atoms with Gasteiger partial charge in [-0.25, -0.2) is 4.98 Å². The van der Waals surface area contributed by atoms with Gasteiger partial charge in [0.2, 0.25) is 0 Å². The second-order valence-corrected chi connectivity index (χ2v) is 4.61. The number of aryl methyl sites for hydroxylation is 1. The Morgan fingerprint density at radius 3 is 2.39 bits per heavy atom. The third kappa shape index (κ3) is 2.65. The summed E-state index contributed by atoms with van der Waals surface area (Å²) in [7, 11) is 0. The van der Waals surface area contributed by atoms with Gasteiger partial charge in [0, 0.05) is 18.4 Å². The number of hydrogen-bond donors (Lipinski definition) is 2. The van der Waals surface area contributed by atoms with Gasteiger partial charge in [0.25, 0.3) is 0 Å². The van der Waals surface area contributed by atoms with Crippen LogP contribution in [0.25, 0.3) is 0 Å². The lowest BCUT2D eigenvalue weighted by molar-refractivity contribution is -0.0646. The summed E-state index contributed by atoms with van der Waals surface area (Å²) in [6.45, 7) is 8.85. The van der Waals surface area contributed by atoms with Gasteiger partial charge in [-0.3, -0.25) is 0 Å². The van der Waals surface area contributed by atoms with Crippen LogP contribution in [-0.2, 0) is 4.74 Å². The molecule has 0 aliphatic rings. The first kappa shape index (κ1) is 14.9. The van der Waals surface area contributed by atoms with Crippen molar-refractivity contribution in [2.45, 2.75) is 52.2 Å². The van der Waals surface area contributed by atoms with E-state index in [-0.39, 0.29) is 11.6 Å². The van der Waals surface area contributed by atoms with Crippen molar-refractivity contribution in [2.75, 3.05) is 12.3 Å². The number of hydrogen-bond acceptors (Lipinski definition) is 4. The molecule has 4 heteroatoms. The largest absolute Gasteiger partial charge is 0.383 e. The minimum atomic E-state index is -0.364. The maximum absolute atomic E-state index is 6.44. The van der Waals surface area contributed by atoms with E-state index < -0.39 is 0 Å². The van der Waals surface area contributed by atoms with E-state index in [1.54, 1.807) is 6.20 Å². The van der Waals surface area contributed by atoms with E-state index in [9.17, 15) is 0 Å². The van der Waals surface area contributed by atoms with Crippen molar-refractivity contribution >= 4 is 5.82 Å². The van der Waals surface area contributed by atoms with E-state index in [1.165, 1.54) is 0 Å². The third-order valence-electron chi connectivity index (χ3n) is 3.75. The second-order valence-electron chi connectivity index (χ2n) is 4.61. The Bertz CT molecular complexity index is 368. The van der Waals surface area contributed by atoms with Crippen LogP contribution in [0, 0.1) is 6.92 Å². The molecule has 0 aliphatic carbocycles. The molecule has 18 heavy (non-hydrogen) atoms. The van der Waals surface area contributed by atoms with Gasteiger partial charge >= 0.3 is 0 Å². The zero-order valence-electron chi connectivity index (χ0n) is 11.9. The molecule has 4 nitrogen and oxygen atoms in total. The first-order valence-electron chi connectivity index (χ1n) is 6.62. The van der Waals surface area contributed by atoms with E-state index in [2.05, 4.69) is 18.8 Å². The molecule has 0 amide bonds. The van der Waals surface area contributed by atoms with Crippen LogP contribution in [0.15, 0.2) is 12.3 Å². The molecule has 4 N–H and O–H groups in total. The van der Waals surface area contributed by atoms with Gasteiger partial charge in [0.15, 0.2) is 0 Å². The molecule has 0 saturated carbocycles. The Balaban J connectivity index is 3.21. The lowest BCUT2D eigenvalue weighted by Gasteiger charge is -2.38. The minimum Gasteiger partial charge on any atom is -0.383 e. The molecule has 1 rings (SSSR count). The minimum absolute atomic E-state index is 0.249. The van der Waals surface area contributed by atoms with Crippen molar-refractivity contribution in [3.05, 3.63) is 23.4 Å². The van der Waals surface area contributed by atoms with Gasteiger partial charge in [-0.1, -0.05) is 13.8 Å². The zero-order valence-corrected chi connectivity index (χ0v) is 11.9. The highest BCUT2D eigenvalue weighted by molar-refractivity contribution is 5.47. The van der Waals surface area contributed by atoms with Crippen molar-refractivity contribution < 1.29 is 4.74 Å². The molecule has 0 aromatic carbocycles. The van der Waals surface area contributed by atoms with Crippen LogP contribution >= 0.6 is 0 Å². The molecule has 0 bridgehead atoms. The van der Waals surface area contributed by atoms with E-state index in [0.29, 0.717) is 12.4 Å². The fourth-order valence-electron chi connectivity index (χ4n) is 2.53. The van der Waals surface area contributed by atoms with Crippen molar-refractivity contribution in [1.29, 1.82) is 0 Å². The lowest BCUT2D eigenvalue weighted by atomic mass is 9.83. The number of rotatable bonds is 6. The number of ether oxygens (including phenoxy) is 1. The molecule has 0 aliphatic heterocycles. The van der Waals surface area contributed by atoms with Gasteiger partial charge < -0.3 is 16.2 Å². The van der Waals surface area contributed by atoms with Crippen molar-refractivity contribution in [3.63, 3.8) is 0 Å². The molecule has 0 spiro atoms. The highest BCUT2D eigenvalue weighted by Gasteiger charge is 2.36. The van der Waals surface area contributed by atoms with Crippen molar-refractivity contribution in [3.8, 4) is 0 Å². The van der Waals surface area contributed by atoms with Gasteiger partial charge in [-0.2, -0.15) is 0 Å². The Labute approximate surface area is 110 Å². The van der Waals surface area contributed by atoms with E-state index in [1.807, 2.05) is 19.9 Å². The maximum atomic E-state index is 6.44. The molecular formula is C14H25N3O. The molecule has 1 aromatic heterocycles. The number of aromatic nitrogens is 1. The summed E-state index contributed by atoms with van der Waals surface area (Å²) in [4.78, 5) is 4.15. The number of nitrogens with two attached hydrogens (primary N) is 2. The summed E-state index contributed by atoms with van der Waals surface area (Å²) in [5.41, 5.74) is 14.0. The first-order valence-corrected chi connectivity index (χ1v) is 6.62. The molecule has 0 radical (unpaired) electrons. The molecule has 1 aromatic rings. The number of anilines is 1. The SMILES string of the molecule is CCOC(CC)(CC)C(N)c1c(C)ccnc1N. The highest BCUT2D eigenvalue weighted by Crippen LogP contribution is 2.36. The van der Waals surface area contributed by atoms with Crippen LogP contribution in [0.5, 0.6) is 0 Å². The van der Waals surface area contributed by atoms with Crippen LogP contribution < -0.4 is 11.5 Å². The average molecular weight is 251 g/mol. The molecule has 0 fully saturated rings. The topological polar surface area (TPSA) is 74.2 Å². The fourth-order valence-corrected chi connectivity index (χ4v) is 2.53. The average Bonchev–Trinajstić information content (AvgIpc) is 2.35. The van der Waals surface area contributed by atoms with Crippen LogP contribution in [0.3, 0.4) is 0 Å². The number of nitrogen functional groups attached to an aromatic ring is 1. The maximum Gasteiger partial charge on any atom is 0.128 e. The van der Waals surface area contributed by atoms with Crippen LogP contribution in [0.4, 0.5) is 5.82 Å².